The smallest absolute Gasteiger partial charge is 0.0476 e. The SMILES string of the molecule is c1ccc(-c2ccc(N(c3ccc(-c4cc5ccccc5c5ccccc45)cc3)c3ccc4c(c3)sc3ccncc34)cc2)cc1. The van der Waals surface area contributed by atoms with E-state index in [2.05, 4.69) is 168 Å². The van der Waals surface area contributed by atoms with Crippen LogP contribution in [0.2, 0.25) is 0 Å². The number of benzene rings is 7. The molecule has 46 heavy (non-hydrogen) atoms. The van der Waals surface area contributed by atoms with Crippen molar-refractivity contribution in [2.75, 3.05) is 4.90 Å². The molecule has 0 amide bonds. The number of aromatic nitrogens is 1. The lowest BCUT2D eigenvalue weighted by atomic mass is 9.93. The number of pyridine rings is 1. The Balaban J connectivity index is 1.18. The van der Waals surface area contributed by atoms with Gasteiger partial charge in [0.1, 0.15) is 0 Å². The van der Waals surface area contributed by atoms with E-state index >= 15 is 0 Å². The van der Waals surface area contributed by atoms with Crippen molar-refractivity contribution in [3.63, 3.8) is 0 Å². The summed E-state index contributed by atoms with van der Waals surface area (Å²) in [5, 5.41) is 7.55. The third kappa shape index (κ3) is 4.52. The largest absolute Gasteiger partial charge is 0.310 e. The minimum Gasteiger partial charge on any atom is -0.310 e. The Bertz CT molecular complexity index is 2510. The molecule has 2 aromatic heterocycles. The second-order valence-corrected chi connectivity index (χ2v) is 12.7. The monoisotopic (exact) mass is 604 g/mol. The Labute approximate surface area is 271 Å². The lowest BCUT2D eigenvalue weighted by molar-refractivity contribution is 1.29. The maximum absolute atomic E-state index is 4.39. The van der Waals surface area contributed by atoms with Crippen molar-refractivity contribution in [3.05, 3.63) is 170 Å². The van der Waals surface area contributed by atoms with Gasteiger partial charge in [0, 0.05) is 49.6 Å². The molecule has 7 aromatic carbocycles. The van der Waals surface area contributed by atoms with Gasteiger partial charge in [-0.1, -0.05) is 109 Å². The minimum absolute atomic E-state index is 1.11. The van der Waals surface area contributed by atoms with Crippen molar-refractivity contribution in [2.24, 2.45) is 0 Å². The van der Waals surface area contributed by atoms with Crippen LogP contribution in [0.1, 0.15) is 0 Å². The number of fused-ring (bicyclic) bond motifs is 6. The third-order valence-electron chi connectivity index (χ3n) is 8.95. The summed E-state index contributed by atoms with van der Waals surface area (Å²) in [5.41, 5.74) is 8.23. The maximum Gasteiger partial charge on any atom is 0.0476 e. The molecular weight excluding hydrogens is 577 g/mol. The van der Waals surface area contributed by atoms with Crippen LogP contribution in [0.5, 0.6) is 0 Å². The third-order valence-corrected chi connectivity index (χ3v) is 10.1. The van der Waals surface area contributed by atoms with Gasteiger partial charge < -0.3 is 4.90 Å². The lowest BCUT2D eigenvalue weighted by Gasteiger charge is -2.26. The number of rotatable bonds is 5. The zero-order chi connectivity index (χ0) is 30.5. The van der Waals surface area contributed by atoms with E-state index in [-0.39, 0.29) is 0 Å². The van der Waals surface area contributed by atoms with Crippen molar-refractivity contribution < 1.29 is 0 Å². The highest BCUT2D eigenvalue weighted by atomic mass is 32.1. The first-order valence-electron chi connectivity index (χ1n) is 15.5. The molecule has 9 aromatic rings. The molecule has 0 saturated carbocycles. The van der Waals surface area contributed by atoms with E-state index in [1.54, 1.807) is 0 Å². The molecular formula is C43H28N2S. The predicted molar refractivity (Wildman–Crippen MR) is 198 cm³/mol. The zero-order valence-corrected chi connectivity index (χ0v) is 25.8. The molecule has 0 N–H and O–H groups in total. The molecule has 216 valence electrons. The van der Waals surface area contributed by atoms with E-state index in [9.17, 15) is 0 Å². The summed E-state index contributed by atoms with van der Waals surface area (Å²) in [6.07, 6.45) is 3.85. The fraction of sp³-hybridized carbons (Fsp3) is 0. The van der Waals surface area contributed by atoms with E-state index < -0.39 is 0 Å². The highest BCUT2D eigenvalue weighted by Crippen LogP contribution is 2.42. The normalized spacial score (nSPS) is 11.5. The standard InChI is InChI=1S/C43H28N2S/c1-2-8-29(9-3-1)30-14-18-33(19-15-30)45(35-22-23-39-41-28-44-25-24-42(41)46-43(39)27-35)34-20-16-31(17-21-34)40-26-32-10-4-5-11-36(32)37-12-6-7-13-38(37)40/h1-28H. The van der Waals surface area contributed by atoms with Crippen LogP contribution >= 0.6 is 11.3 Å². The minimum atomic E-state index is 1.11. The first-order chi connectivity index (χ1) is 22.8. The summed E-state index contributed by atoms with van der Waals surface area (Å²) in [5.74, 6) is 0. The van der Waals surface area contributed by atoms with E-state index in [0.717, 1.165) is 17.1 Å². The molecule has 0 fully saturated rings. The van der Waals surface area contributed by atoms with E-state index in [1.807, 2.05) is 23.7 Å². The first-order valence-corrected chi connectivity index (χ1v) is 16.3. The second-order valence-electron chi connectivity index (χ2n) is 11.6. The predicted octanol–water partition coefficient (Wildman–Crippen LogP) is 12.6. The van der Waals surface area contributed by atoms with Gasteiger partial charge >= 0.3 is 0 Å². The first kappa shape index (κ1) is 26.6. The van der Waals surface area contributed by atoms with Gasteiger partial charge in [-0.25, -0.2) is 0 Å². The summed E-state index contributed by atoms with van der Waals surface area (Å²) >= 11 is 1.82. The van der Waals surface area contributed by atoms with E-state index in [4.69, 9.17) is 0 Å². The Morgan fingerprint density at radius 2 is 1.04 bits per heavy atom. The molecule has 0 bridgehead atoms. The molecule has 0 aliphatic rings. The summed E-state index contributed by atoms with van der Waals surface area (Å²) in [6.45, 7) is 0. The average Bonchev–Trinajstić information content (AvgIpc) is 3.50. The van der Waals surface area contributed by atoms with Crippen LogP contribution in [0, 0.1) is 0 Å². The lowest BCUT2D eigenvalue weighted by Crippen LogP contribution is -2.09. The topological polar surface area (TPSA) is 16.1 Å². The van der Waals surface area contributed by atoms with Crippen molar-refractivity contribution >= 4 is 70.1 Å². The summed E-state index contributed by atoms with van der Waals surface area (Å²) in [4.78, 5) is 6.75. The van der Waals surface area contributed by atoms with E-state index in [1.165, 1.54) is 64.0 Å². The maximum atomic E-state index is 4.39. The fourth-order valence-electron chi connectivity index (χ4n) is 6.71. The Morgan fingerprint density at radius 3 is 1.83 bits per heavy atom. The van der Waals surface area contributed by atoms with E-state index in [0.29, 0.717) is 0 Å². The van der Waals surface area contributed by atoms with Gasteiger partial charge in [-0.15, -0.1) is 11.3 Å². The van der Waals surface area contributed by atoms with Gasteiger partial charge in [-0.3, -0.25) is 4.98 Å². The van der Waals surface area contributed by atoms with Gasteiger partial charge in [0.15, 0.2) is 0 Å². The number of nitrogens with zero attached hydrogens (tertiary/aromatic N) is 2. The molecule has 0 spiro atoms. The van der Waals surface area contributed by atoms with Crippen LogP contribution in [0.4, 0.5) is 17.1 Å². The van der Waals surface area contributed by atoms with Crippen LogP contribution in [0.3, 0.4) is 0 Å². The number of hydrogen-bond donors (Lipinski definition) is 0. The van der Waals surface area contributed by atoms with Gasteiger partial charge in [0.25, 0.3) is 0 Å². The molecule has 0 aliphatic carbocycles. The fourth-order valence-corrected chi connectivity index (χ4v) is 7.82. The van der Waals surface area contributed by atoms with Crippen LogP contribution in [-0.4, -0.2) is 4.98 Å². The Morgan fingerprint density at radius 1 is 0.413 bits per heavy atom. The second kappa shape index (κ2) is 11.0. The molecule has 0 aliphatic heterocycles. The van der Waals surface area contributed by atoms with Gasteiger partial charge in [-0.05, 0) is 92.3 Å². The van der Waals surface area contributed by atoms with Crippen molar-refractivity contribution in [2.45, 2.75) is 0 Å². The van der Waals surface area contributed by atoms with Gasteiger partial charge in [0.2, 0.25) is 0 Å². The average molecular weight is 605 g/mol. The van der Waals surface area contributed by atoms with Gasteiger partial charge in [-0.2, -0.15) is 0 Å². The molecule has 3 heteroatoms. The van der Waals surface area contributed by atoms with Crippen LogP contribution in [0.15, 0.2) is 170 Å². The number of thiophene rings is 1. The molecule has 2 heterocycles. The highest BCUT2D eigenvalue weighted by molar-refractivity contribution is 7.25. The van der Waals surface area contributed by atoms with Crippen molar-refractivity contribution in [1.29, 1.82) is 0 Å². The van der Waals surface area contributed by atoms with Crippen LogP contribution in [0.25, 0.3) is 64.0 Å². The molecule has 0 saturated heterocycles. The number of hydrogen-bond acceptors (Lipinski definition) is 3. The Hall–Kier alpha value is -5.77. The molecule has 2 nitrogen and oxygen atoms in total. The highest BCUT2D eigenvalue weighted by Gasteiger charge is 2.16. The molecule has 0 atom stereocenters. The van der Waals surface area contributed by atoms with Crippen LogP contribution < -0.4 is 4.90 Å². The van der Waals surface area contributed by atoms with Crippen molar-refractivity contribution in [1.82, 2.24) is 4.98 Å². The Kier molecular flexibility index (Phi) is 6.36. The molecule has 9 rings (SSSR count). The van der Waals surface area contributed by atoms with Crippen LogP contribution in [-0.2, 0) is 0 Å². The molecule has 0 radical (unpaired) electrons. The molecule has 0 unspecified atom stereocenters. The quantitative estimate of drug-likeness (QED) is 0.182. The summed E-state index contributed by atoms with van der Waals surface area (Å²) in [6, 6.07) is 57.1. The number of anilines is 3. The van der Waals surface area contributed by atoms with Gasteiger partial charge in [0.05, 0.1) is 0 Å². The summed E-state index contributed by atoms with van der Waals surface area (Å²) in [7, 11) is 0. The summed E-state index contributed by atoms with van der Waals surface area (Å²) < 4.78 is 2.51. The zero-order valence-electron chi connectivity index (χ0n) is 25.0. The van der Waals surface area contributed by atoms with Crippen molar-refractivity contribution in [3.8, 4) is 22.3 Å².